The van der Waals surface area contributed by atoms with Crippen molar-refractivity contribution in [3.8, 4) is 0 Å². The average molecular weight is 133 g/mol. The maximum atomic E-state index is 3.07. The molecule has 0 saturated heterocycles. The van der Waals surface area contributed by atoms with Crippen molar-refractivity contribution in [2.75, 3.05) is 19.8 Å². The van der Waals surface area contributed by atoms with Crippen LogP contribution < -0.4 is 4.70 Å². The Balaban J connectivity index is -0.000000180. The van der Waals surface area contributed by atoms with Gasteiger partial charge in [0.25, 0.3) is 0 Å². The van der Waals surface area contributed by atoms with Gasteiger partial charge in [-0.3, -0.25) is 0 Å². The van der Waals surface area contributed by atoms with E-state index in [2.05, 4.69) is 25.1 Å². The van der Waals surface area contributed by atoms with Crippen LogP contribution in [0.3, 0.4) is 0 Å². The van der Waals surface area contributed by atoms with E-state index in [4.69, 9.17) is 0 Å². The van der Waals surface area contributed by atoms with Crippen LogP contribution >= 0.6 is 0 Å². The van der Waals surface area contributed by atoms with Crippen LogP contribution in [-0.4, -0.2) is 28.2 Å². The summed E-state index contributed by atoms with van der Waals surface area (Å²) < 4.78 is 3.07. The molecule has 0 heterocycles. The molecule has 0 bridgehead atoms. The van der Waals surface area contributed by atoms with Gasteiger partial charge in [-0.05, 0) is 0 Å². The molecule has 0 aliphatic heterocycles. The van der Waals surface area contributed by atoms with Crippen LogP contribution in [0.15, 0.2) is 0 Å². The third kappa shape index (κ3) is 7.95. The molecule has 0 amide bonds. The first kappa shape index (κ1) is 16.0. The summed E-state index contributed by atoms with van der Waals surface area (Å²) in [6.45, 7) is 9.76. The third-order valence-corrected chi connectivity index (χ3v) is 1.22. The molecule has 0 unspecified atom stereocenters. The molecule has 3 radical (unpaired) electrons. The quantitative estimate of drug-likeness (QED) is 0.316. The van der Waals surface area contributed by atoms with Gasteiger partial charge in [0, 0.05) is 29.2 Å². The monoisotopic (exact) mass is 133 g/mol. The summed E-state index contributed by atoms with van der Waals surface area (Å²) in [5.74, 6) is 0. The molecule has 0 aromatic rings. The molecule has 0 fully saturated rings. The average Bonchev–Trinajstić information content (AvgIpc) is 1.72. The molecule has 0 aliphatic carbocycles. The SMILES string of the molecule is CC[O+](CC)CC.[B].[F-]. The summed E-state index contributed by atoms with van der Waals surface area (Å²) in [4.78, 5) is 0. The molecular weight excluding hydrogens is 118 g/mol. The van der Waals surface area contributed by atoms with Gasteiger partial charge in [-0.2, -0.15) is 0 Å². The van der Waals surface area contributed by atoms with Gasteiger partial charge in [0.05, 0.1) is 0 Å². The smallest absolute Gasteiger partial charge is 0.142 e. The summed E-state index contributed by atoms with van der Waals surface area (Å²) in [5, 5.41) is 0. The fourth-order valence-electron chi connectivity index (χ4n) is 0.612. The summed E-state index contributed by atoms with van der Waals surface area (Å²) in [5.41, 5.74) is 0. The Bertz CT molecular complexity index is 34.5. The zero-order valence-corrected chi connectivity index (χ0v) is 6.48. The van der Waals surface area contributed by atoms with Crippen LogP contribution in [0.5, 0.6) is 0 Å². The molecule has 0 aromatic heterocycles. The standard InChI is InChI=1S/C6H15O.B.FH/c1-4-7(5-2)6-3;;/h4-6H2,1-3H3;;1H/q+1;;/p-1. The molecular formula is C6H15BFO. The molecule has 0 saturated carbocycles. The lowest BCUT2D eigenvalue weighted by molar-refractivity contribution is -0.119. The van der Waals surface area contributed by atoms with Crippen molar-refractivity contribution in [1.82, 2.24) is 0 Å². The molecule has 1 nitrogen and oxygen atoms in total. The second-order valence-electron chi connectivity index (χ2n) is 1.48. The zero-order valence-electron chi connectivity index (χ0n) is 6.48. The Kier molecular flexibility index (Phi) is 19.3. The number of halogens is 1. The van der Waals surface area contributed by atoms with E-state index >= 15 is 0 Å². The van der Waals surface area contributed by atoms with Crippen molar-refractivity contribution < 1.29 is 9.07 Å². The Hall–Kier alpha value is -0.0451. The van der Waals surface area contributed by atoms with Crippen LogP contribution in [0.2, 0.25) is 0 Å². The van der Waals surface area contributed by atoms with E-state index in [1.54, 1.807) is 0 Å². The maximum Gasteiger partial charge on any atom is 0.142 e. The molecule has 9 heavy (non-hydrogen) atoms. The highest BCUT2D eigenvalue weighted by Gasteiger charge is 1.94. The van der Waals surface area contributed by atoms with Gasteiger partial charge in [-0.25, -0.2) is 0 Å². The van der Waals surface area contributed by atoms with E-state index < -0.39 is 0 Å². The fraction of sp³-hybridized carbons (Fsp3) is 1.00. The number of hydrogen-bond donors (Lipinski definition) is 0. The van der Waals surface area contributed by atoms with Crippen molar-refractivity contribution in [1.29, 1.82) is 0 Å². The lowest BCUT2D eigenvalue weighted by atomic mass is 10.7. The van der Waals surface area contributed by atoms with E-state index in [1.807, 2.05) is 0 Å². The van der Waals surface area contributed by atoms with Crippen molar-refractivity contribution in [3.05, 3.63) is 0 Å². The summed E-state index contributed by atoms with van der Waals surface area (Å²) >= 11 is 0. The summed E-state index contributed by atoms with van der Waals surface area (Å²) in [7, 11) is 0. The normalized spacial score (nSPS) is 8.00. The number of rotatable bonds is 3. The van der Waals surface area contributed by atoms with Gasteiger partial charge < -0.3 is 9.07 Å². The first-order chi connectivity index (χ1) is 3.35. The third-order valence-electron chi connectivity index (χ3n) is 1.22. The van der Waals surface area contributed by atoms with E-state index in [-0.39, 0.29) is 13.1 Å². The minimum Gasteiger partial charge on any atom is -1.00 e. The van der Waals surface area contributed by atoms with Gasteiger partial charge in [-0.1, -0.05) is 0 Å². The molecule has 3 heteroatoms. The van der Waals surface area contributed by atoms with Gasteiger partial charge in [0.15, 0.2) is 0 Å². The van der Waals surface area contributed by atoms with Crippen molar-refractivity contribution in [2.45, 2.75) is 20.8 Å². The lowest BCUT2D eigenvalue weighted by Gasteiger charge is -2.11. The van der Waals surface area contributed by atoms with Gasteiger partial charge in [0.1, 0.15) is 19.8 Å². The fourth-order valence-corrected chi connectivity index (χ4v) is 0.612. The lowest BCUT2D eigenvalue weighted by Crippen LogP contribution is -3.00. The van der Waals surface area contributed by atoms with Crippen LogP contribution in [0.4, 0.5) is 0 Å². The summed E-state index contributed by atoms with van der Waals surface area (Å²) in [6.07, 6.45) is 0. The highest BCUT2D eigenvalue weighted by atomic mass is 19.0. The Morgan fingerprint density at radius 3 is 1.11 bits per heavy atom. The molecule has 0 aromatic carbocycles. The van der Waals surface area contributed by atoms with Crippen molar-refractivity contribution >= 4 is 8.41 Å². The zero-order chi connectivity index (χ0) is 5.70. The van der Waals surface area contributed by atoms with Gasteiger partial charge >= 0.3 is 0 Å². The van der Waals surface area contributed by atoms with Crippen LogP contribution in [-0.2, 0) is 4.37 Å². The largest absolute Gasteiger partial charge is 1.00 e. The highest BCUT2D eigenvalue weighted by molar-refractivity contribution is 5.75. The Morgan fingerprint density at radius 1 is 0.889 bits per heavy atom. The molecule has 0 aliphatic rings. The Labute approximate surface area is 59.0 Å². The summed E-state index contributed by atoms with van der Waals surface area (Å²) in [6, 6.07) is 0. The van der Waals surface area contributed by atoms with E-state index in [9.17, 15) is 0 Å². The topological polar surface area (TPSA) is 2.70 Å². The van der Waals surface area contributed by atoms with Crippen LogP contribution in [0.25, 0.3) is 0 Å². The second kappa shape index (κ2) is 10.9. The van der Waals surface area contributed by atoms with Crippen molar-refractivity contribution in [2.24, 2.45) is 0 Å². The molecule has 0 atom stereocenters. The molecule has 0 rings (SSSR count). The predicted octanol–water partition coefficient (Wildman–Crippen LogP) is -1.78. The molecule has 0 N–H and O–H groups in total. The van der Waals surface area contributed by atoms with E-state index in [1.165, 1.54) is 0 Å². The van der Waals surface area contributed by atoms with E-state index in [0.29, 0.717) is 0 Å². The first-order valence-corrected chi connectivity index (χ1v) is 2.99. The molecule has 0 spiro atoms. The maximum absolute atomic E-state index is 3.07. The van der Waals surface area contributed by atoms with Gasteiger partial charge in [0.2, 0.25) is 0 Å². The van der Waals surface area contributed by atoms with Crippen molar-refractivity contribution in [3.63, 3.8) is 0 Å². The number of hydrogen-bond acceptors (Lipinski definition) is 0. The minimum atomic E-state index is 0. The highest BCUT2D eigenvalue weighted by Crippen LogP contribution is 1.90. The van der Waals surface area contributed by atoms with Crippen LogP contribution in [0.1, 0.15) is 20.8 Å². The Morgan fingerprint density at radius 2 is 1.11 bits per heavy atom. The predicted molar refractivity (Wildman–Crippen MR) is 38.5 cm³/mol. The van der Waals surface area contributed by atoms with E-state index in [0.717, 1.165) is 19.8 Å². The second-order valence-corrected chi connectivity index (χ2v) is 1.48. The van der Waals surface area contributed by atoms with Crippen LogP contribution in [0, 0.1) is 0 Å². The minimum absolute atomic E-state index is 0. The first-order valence-electron chi connectivity index (χ1n) is 2.99. The van der Waals surface area contributed by atoms with Gasteiger partial charge in [-0.15, -0.1) is 0 Å². The molecule has 55 valence electrons.